The van der Waals surface area contributed by atoms with Crippen molar-refractivity contribution in [1.82, 2.24) is 10.2 Å². The lowest BCUT2D eigenvalue weighted by Gasteiger charge is -2.30. The first-order chi connectivity index (χ1) is 13.0. The van der Waals surface area contributed by atoms with Crippen molar-refractivity contribution in [2.75, 3.05) is 27.3 Å². The van der Waals surface area contributed by atoms with E-state index in [0.717, 1.165) is 30.0 Å². The van der Waals surface area contributed by atoms with Crippen molar-refractivity contribution in [2.24, 2.45) is 0 Å². The molecule has 0 bridgehead atoms. The molecule has 1 N–H and O–H groups in total. The molecule has 5 nitrogen and oxygen atoms in total. The third kappa shape index (κ3) is 5.01. The highest BCUT2D eigenvalue weighted by Gasteiger charge is 2.27. The maximum Gasteiger partial charge on any atom is 0.242 e. The molecule has 1 amide bonds. The Morgan fingerprint density at radius 2 is 1.70 bits per heavy atom. The normalized spacial score (nSPS) is 13.1. The zero-order chi connectivity index (χ0) is 19.8. The number of ether oxygens (including phenoxy) is 2. The SMILES string of the molecule is CCN(CC)C(C(=O)NC(C)c1ccc(OC)cc1OC)c1ccccc1. The molecule has 2 unspecified atom stereocenters. The van der Waals surface area contributed by atoms with Crippen molar-refractivity contribution < 1.29 is 14.3 Å². The van der Waals surface area contributed by atoms with Gasteiger partial charge in [-0.3, -0.25) is 9.69 Å². The molecule has 0 fully saturated rings. The van der Waals surface area contributed by atoms with Gasteiger partial charge in [-0.1, -0.05) is 44.2 Å². The summed E-state index contributed by atoms with van der Waals surface area (Å²) in [6.07, 6.45) is 0. The van der Waals surface area contributed by atoms with Crippen LogP contribution in [-0.4, -0.2) is 38.1 Å². The van der Waals surface area contributed by atoms with Crippen LogP contribution in [-0.2, 0) is 4.79 Å². The fourth-order valence-corrected chi connectivity index (χ4v) is 3.30. The van der Waals surface area contributed by atoms with E-state index < -0.39 is 0 Å². The lowest BCUT2D eigenvalue weighted by atomic mass is 10.0. The Labute approximate surface area is 162 Å². The minimum atomic E-state index is -0.326. The summed E-state index contributed by atoms with van der Waals surface area (Å²) in [4.78, 5) is 15.3. The summed E-state index contributed by atoms with van der Waals surface area (Å²) in [6.45, 7) is 7.70. The van der Waals surface area contributed by atoms with Gasteiger partial charge < -0.3 is 14.8 Å². The Balaban J connectivity index is 2.26. The second-order valence-corrected chi connectivity index (χ2v) is 6.37. The zero-order valence-corrected chi connectivity index (χ0v) is 16.9. The summed E-state index contributed by atoms with van der Waals surface area (Å²) < 4.78 is 10.7. The average molecular weight is 370 g/mol. The van der Waals surface area contributed by atoms with Crippen molar-refractivity contribution in [3.63, 3.8) is 0 Å². The second kappa shape index (κ2) is 9.97. The summed E-state index contributed by atoms with van der Waals surface area (Å²) >= 11 is 0. The summed E-state index contributed by atoms with van der Waals surface area (Å²) in [5, 5.41) is 3.15. The number of hydrogen-bond donors (Lipinski definition) is 1. The van der Waals surface area contributed by atoms with E-state index in [0.29, 0.717) is 5.75 Å². The maximum absolute atomic E-state index is 13.2. The van der Waals surface area contributed by atoms with Crippen molar-refractivity contribution in [3.05, 3.63) is 59.7 Å². The van der Waals surface area contributed by atoms with Gasteiger partial charge in [-0.15, -0.1) is 0 Å². The van der Waals surface area contributed by atoms with Crippen molar-refractivity contribution in [2.45, 2.75) is 32.9 Å². The number of benzene rings is 2. The van der Waals surface area contributed by atoms with Crippen LogP contribution in [0.2, 0.25) is 0 Å². The van der Waals surface area contributed by atoms with E-state index in [9.17, 15) is 4.79 Å². The molecule has 0 aromatic heterocycles. The summed E-state index contributed by atoms with van der Waals surface area (Å²) in [6, 6.07) is 15.0. The van der Waals surface area contributed by atoms with Crippen LogP contribution < -0.4 is 14.8 Å². The molecule has 2 aromatic rings. The van der Waals surface area contributed by atoms with Crippen molar-refractivity contribution in [3.8, 4) is 11.5 Å². The topological polar surface area (TPSA) is 50.8 Å². The Morgan fingerprint density at radius 3 is 2.26 bits per heavy atom. The van der Waals surface area contributed by atoms with Crippen LogP contribution in [0.25, 0.3) is 0 Å². The lowest BCUT2D eigenvalue weighted by Crippen LogP contribution is -2.41. The van der Waals surface area contributed by atoms with Crippen LogP contribution in [0, 0.1) is 0 Å². The van der Waals surface area contributed by atoms with E-state index in [1.54, 1.807) is 14.2 Å². The van der Waals surface area contributed by atoms with E-state index in [2.05, 4.69) is 24.1 Å². The molecule has 0 aliphatic heterocycles. The number of hydrogen-bond acceptors (Lipinski definition) is 4. The molecule has 0 heterocycles. The fraction of sp³-hybridized carbons (Fsp3) is 0.409. The molecular weight excluding hydrogens is 340 g/mol. The van der Waals surface area contributed by atoms with Gasteiger partial charge in [0.15, 0.2) is 0 Å². The van der Waals surface area contributed by atoms with Crippen molar-refractivity contribution >= 4 is 5.91 Å². The third-order valence-corrected chi connectivity index (χ3v) is 4.81. The molecule has 2 aromatic carbocycles. The summed E-state index contributed by atoms with van der Waals surface area (Å²) in [5.41, 5.74) is 1.91. The van der Waals surface area contributed by atoms with Gasteiger partial charge in [0.2, 0.25) is 5.91 Å². The molecule has 27 heavy (non-hydrogen) atoms. The second-order valence-electron chi connectivity index (χ2n) is 6.37. The van der Waals surface area contributed by atoms with Crippen LogP contribution in [0.4, 0.5) is 0 Å². The quantitative estimate of drug-likeness (QED) is 0.726. The number of carbonyl (C=O) groups is 1. The molecule has 0 radical (unpaired) electrons. The Kier molecular flexibility index (Phi) is 7.67. The molecule has 146 valence electrons. The number of methoxy groups -OCH3 is 2. The highest BCUT2D eigenvalue weighted by atomic mass is 16.5. The standard InChI is InChI=1S/C22H30N2O3/c1-6-24(7-2)21(17-11-9-8-10-12-17)22(25)23-16(3)19-14-13-18(26-4)15-20(19)27-5/h8-16,21H,6-7H2,1-5H3,(H,23,25). The predicted molar refractivity (Wildman–Crippen MR) is 108 cm³/mol. The minimum Gasteiger partial charge on any atom is -0.497 e. The lowest BCUT2D eigenvalue weighted by molar-refractivity contribution is -0.127. The first-order valence-electron chi connectivity index (χ1n) is 9.36. The van der Waals surface area contributed by atoms with Gasteiger partial charge in [0, 0.05) is 11.6 Å². The molecular formula is C22H30N2O3. The predicted octanol–water partition coefficient (Wildman–Crippen LogP) is 3.96. The fourth-order valence-electron chi connectivity index (χ4n) is 3.30. The van der Waals surface area contributed by atoms with Gasteiger partial charge >= 0.3 is 0 Å². The van der Waals surface area contributed by atoms with E-state index in [-0.39, 0.29) is 18.0 Å². The van der Waals surface area contributed by atoms with Crippen LogP contribution in [0.3, 0.4) is 0 Å². The highest BCUT2D eigenvalue weighted by molar-refractivity contribution is 5.83. The van der Waals surface area contributed by atoms with Gasteiger partial charge in [-0.2, -0.15) is 0 Å². The molecule has 2 rings (SSSR count). The number of amides is 1. The van der Waals surface area contributed by atoms with Gasteiger partial charge in [0.05, 0.1) is 20.3 Å². The first-order valence-corrected chi connectivity index (χ1v) is 9.36. The van der Waals surface area contributed by atoms with Crippen LogP contribution >= 0.6 is 0 Å². The first kappa shape index (κ1) is 20.8. The molecule has 0 saturated heterocycles. The third-order valence-electron chi connectivity index (χ3n) is 4.81. The van der Waals surface area contributed by atoms with Crippen LogP contribution in [0.15, 0.2) is 48.5 Å². The number of nitrogens with one attached hydrogen (secondary N) is 1. The van der Waals surface area contributed by atoms with Gasteiger partial charge in [0.25, 0.3) is 0 Å². The molecule has 5 heteroatoms. The Bertz CT molecular complexity index is 730. The summed E-state index contributed by atoms with van der Waals surface area (Å²) in [5.74, 6) is 1.40. The van der Waals surface area contributed by atoms with Crippen molar-refractivity contribution in [1.29, 1.82) is 0 Å². The van der Waals surface area contributed by atoms with Crippen LogP contribution in [0.1, 0.15) is 44.0 Å². The molecule has 0 spiro atoms. The van der Waals surface area contributed by atoms with Crippen LogP contribution in [0.5, 0.6) is 11.5 Å². The number of rotatable bonds is 9. The number of carbonyl (C=O) groups excluding carboxylic acids is 1. The Morgan fingerprint density at radius 1 is 1.04 bits per heavy atom. The molecule has 2 atom stereocenters. The molecule has 0 aliphatic carbocycles. The summed E-state index contributed by atoms with van der Waals surface area (Å²) in [7, 11) is 3.24. The van der Waals surface area contributed by atoms with Gasteiger partial charge in [-0.05, 0) is 37.7 Å². The van der Waals surface area contributed by atoms with E-state index >= 15 is 0 Å². The number of nitrogens with zero attached hydrogens (tertiary/aromatic N) is 1. The van der Waals surface area contributed by atoms with Gasteiger partial charge in [0.1, 0.15) is 17.5 Å². The minimum absolute atomic E-state index is 0.0183. The average Bonchev–Trinajstić information content (AvgIpc) is 2.71. The van der Waals surface area contributed by atoms with E-state index in [1.807, 2.05) is 55.5 Å². The highest BCUT2D eigenvalue weighted by Crippen LogP contribution is 2.30. The van der Waals surface area contributed by atoms with E-state index in [1.165, 1.54) is 0 Å². The molecule has 0 saturated carbocycles. The molecule has 0 aliphatic rings. The van der Waals surface area contributed by atoms with E-state index in [4.69, 9.17) is 9.47 Å². The Hall–Kier alpha value is -2.53. The maximum atomic E-state index is 13.2. The van der Waals surface area contributed by atoms with Gasteiger partial charge in [-0.25, -0.2) is 0 Å². The largest absolute Gasteiger partial charge is 0.497 e. The monoisotopic (exact) mass is 370 g/mol. The smallest absolute Gasteiger partial charge is 0.242 e. The zero-order valence-electron chi connectivity index (χ0n) is 16.9. The number of likely N-dealkylation sites (N-methyl/N-ethyl adjacent to an activating group) is 1.